The number of ether oxygens (including phenoxy) is 4. The summed E-state index contributed by atoms with van der Waals surface area (Å²) in [6, 6.07) is 11.1. The molecule has 0 bridgehead atoms. The van der Waals surface area contributed by atoms with Crippen LogP contribution >= 0.6 is 22.6 Å². The van der Waals surface area contributed by atoms with Crippen molar-refractivity contribution in [1.82, 2.24) is 0 Å². The first-order valence-electron chi connectivity index (χ1n) is 8.21. The second-order valence-electron chi connectivity index (χ2n) is 5.66. The summed E-state index contributed by atoms with van der Waals surface area (Å²) in [5, 5.41) is 0. The van der Waals surface area contributed by atoms with Gasteiger partial charge in [0.1, 0.15) is 12.4 Å². The summed E-state index contributed by atoms with van der Waals surface area (Å²) >= 11 is 1.70. The highest BCUT2D eigenvalue weighted by atomic mass is 127. The van der Waals surface area contributed by atoms with Crippen molar-refractivity contribution in [1.29, 1.82) is 0 Å². The van der Waals surface area contributed by atoms with Gasteiger partial charge in [-0.15, -0.1) is 0 Å². The molecule has 0 unspecified atom stereocenters. The molecule has 2 aromatic rings. The van der Waals surface area contributed by atoms with Crippen LogP contribution in [-0.4, -0.2) is 31.1 Å². The highest BCUT2D eigenvalue weighted by molar-refractivity contribution is 14.1. The first kappa shape index (κ1) is 21.0. The van der Waals surface area contributed by atoms with Crippen LogP contribution in [0.25, 0.3) is 0 Å². The fourth-order valence-electron chi connectivity index (χ4n) is 2.45. The maximum Gasteiger partial charge on any atom is 0.305 e. The molecular formula is C20H21IO6. The van der Waals surface area contributed by atoms with Crippen molar-refractivity contribution in [3.8, 4) is 17.2 Å². The molecular weight excluding hydrogens is 463 g/mol. The van der Waals surface area contributed by atoms with Crippen LogP contribution in [0.2, 0.25) is 0 Å². The standard InChI is InChI=1S/C20H21IO6/c1-24-16-11-18(17(25-2)10-15(16)20(21)23)27-12-14-6-4-13(5-7-14)8-9-19(22)26-3/h4-7,10-11H,8-9,12H2,1-3H3. The van der Waals surface area contributed by atoms with Gasteiger partial charge in [0.2, 0.25) is 3.79 Å². The molecule has 0 N–H and O–H groups in total. The van der Waals surface area contributed by atoms with Gasteiger partial charge in [-0.05, 0) is 23.6 Å². The average molecular weight is 484 g/mol. The number of rotatable bonds is 9. The van der Waals surface area contributed by atoms with Gasteiger partial charge in [0.25, 0.3) is 0 Å². The lowest BCUT2D eigenvalue weighted by Gasteiger charge is -2.14. The van der Waals surface area contributed by atoms with Crippen molar-refractivity contribution in [2.24, 2.45) is 0 Å². The van der Waals surface area contributed by atoms with Crippen LogP contribution in [-0.2, 0) is 22.6 Å². The number of benzene rings is 2. The quantitative estimate of drug-likeness (QED) is 0.305. The highest BCUT2D eigenvalue weighted by Gasteiger charge is 2.16. The van der Waals surface area contributed by atoms with E-state index < -0.39 is 0 Å². The molecule has 2 aromatic carbocycles. The van der Waals surface area contributed by atoms with Crippen LogP contribution in [0.15, 0.2) is 36.4 Å². The van der Waals surface area contributed by atoms with Gasteiger partial charge in [-0.1, -0.05) is 24.3 Å². The molecule has 7 heteroatoms. The Bertz CT molecular complexity index is 801. The van der Waals surface area contributed by atoms with E-state index >= 15 is 0 Å². The van der Waals surface area contributed by atoms with Gasteiger partial charge >= 0.3 is 5.97 Å². The van der Waals surface area contributed by atoms with Crippen molar-refractivity contribution in [2.75, 3.05) is 21.3 Å². The van der Waals surface area contributed by atoms with Crippen LogP contribution in [0.1, 0.15) is 27.9 Å². The number of esters is 1. The van der Waals surface area contributed by atoms with Crippen LogP contribution in [0.5, 0.6) is 17.2 Å². The third-order valence-corrected chi connectivity index (χ3v) is 4.54. The van der Waals surface area contributed by atoms with Crippen LogP contribution in [0, 0.1) is 0 Å². The Kier molecular flexibility index (Phi) is 7.90. The molecule has 2 rings (SSSR count). The van der Waals surface area contributed by atoms with Crippen molar-refractivity contribution >= 4 is 32.4 Å². The van der Waals surface area contributed by atoms with E-state index in [9.17, 15) is 9.59 Å². The zero-order chi connectivity index (χ0) is 19.8. The molecule has 0 radical (unpaired) electrons. The Morgan fingerprint density at radius 1 is 0.889 bits per heavy atom. The van der Waals surface area contributed by atoms with Crippen molar-refractivity contribution in [3.63, 3.8) is 0 Å². The van der Waals surface area contributed by atoms with E-state index in [4.69, 9.17) is 14.2 Å². The van der Waals surface area contributed by atoms with Crippen molar-refractivity contribution in [3.05, 3.63) is 53.1 Å². The minimum absolute atomic E-state index is 0.142. The first-order valence-corrected chi connectivity index (χ1v) is 9.29. The zero-order valence-corrected chi connectivity index (χ0v) is 17.6. The average Bonchev–Trinajstić information content (AvgIpc) is 2.70. The Morgan fingerprint density at radius 2 is 1.52 bits per heavy atom. The molecule has 0 aliphatic heterocycles. The molecule has 0 aromatic heterocycles. The minimum Gasteiger partial charge on any atom is -0.496 e. The molecule has 6 nitrogen and oxygen atoms in total. The summed E-state index contributed by atoms with van der Waals surface area (Å²) in [5.41, 5.74) is 2.44. The van der Waals surface area contributed by atoms with Gasteiger partial charge in [0.05, 0.1) is 26.9 Å². The number of hydrogen-bond donors (Lipinski definition) is 0. The number of hydrogen-bond acceptors (Lipinski definition) is 6. The second-order valence-corrected chi connectivity index (χ2v) is 6.64. The molecule has 144 valence electrons. The summed E-state index contributed by atoms with van der Waals surface area (Å²) < 4.78 is 21.0. The van der Waals surface area contributed by atoms with Gasteiger partial charge in [-0.25, -0.2) is 0 Å². The lowest BCUT2D eigenvalue weighted by Crippen LogP contribution is -2.03. The molecule has 0 saturated carbocycles. The fourth-order valence-corrected chi connectivity index (χ4v) is 2.87. The maximum absolute atomic E-state index is 11.7. The Morgan fingerprint density at radius 3 is 2.07 bits per heavy atom. The maximum atomic E-state index is 11.7. The van der Waals surface area contributed by atoms with Gasteiger partial charge < -0.3 is 18.9 Å². The summed E-state index contributed by atoms with van der Waals surface area (Å²) in [7, 11) is 4.41. The van der Waals surface area contributed by atoms with Gasteiger partial charge in [0.15, 0.2) is 11.5 Å². The number of methoxy groups -OCH3 is 3. The zero-order valence-electron chi connectivity index (χ0n) is 15.4. The Hall–Kier alpha value is -2.29. The van der Waals surface area contributed by atoms with Crippen LogP contribution < -0.4 is 14.2 Å². The monoisotopic (exact) mass is 484 g/mol. The Labute approximate surface area is 171 Å². The van der Waals surface area contributed by atoms with Crippen LogP contribution in [0.4, 0.5) is 0 Å². The lowest BCUT2D eigenvalue weighted by atomic mass is 10.1. The molecule has 0 atom stereocenters. The molecule has 0 aliphatic carbocycles. The minimum atomic E-state index is -0.225. The van der Waals surface area contributed by atoms with E-state index in [1.807, 2.05) is 24.3 Å². The van der Waals surface area contributed by atoms with Gasteiger partial charge in [-0.2, -0.15) is 0 Å². The van der Waals surface area contributed by atoms with Crippen molar-refractivity contribution < 1.29 is 28.5 Å². The number of carbonyl (C=O) groups is 2. The molecule has 27 heavy (non-hydrogen) atoms. The number of carbonyl (C=O) groups excluding carboxylic acids is 2. The van der Waals surface area contributed by atoms with E-state index in [-0.39, 0.29) is 9.76 Å². The topological polar surface area (TPSA) is 71.1 Å². The second kappa shape index (κ2) is 10.1. The third-order valence-electron chi connectivity index (χ3n) is 3.96. The lowest BCUT2D eigenvalue weighted by molar-refractivity contribution is -0.140. The molecule has 0 aliphatic rings. The highest BCUT2D eigenvalue weighted by Crippen LogP contribution is 2.36. The fraction of sp³-hybridized carbons (Fsp3) is 0.300. The predicted octanol–water partition coefficient (Wildman–Crippen LogP) is 3.96. The van der Waals surface area contributed by atoms with Gasteiger partial charge in [-0.3, -0.25) is 9.59 Å². The largest absolute Gasteiger partial charge is 0.496 e. The molecule has 0 saturated heterocycles. The van der Waals surface area contributed by atoms with E-state index in [1.165, 1.54) is 21.3 Å². The van der Waals surface area contributed by atoms with E-state index in [0.717, 1.165) is 11.1 Å². The first-order chi connectivity index (χ1) is 13.0. The van der Waals surface area contributed by atoms with E-state index in [1.54, 1.807) is 34.7 Å². The smallest absolute Gasteiger partial charge is 0.305 e. The van der Waals surface area contributed by atoms with Crippen molar-refractivity contribution in [2.45, 2.75) is 19.4 Å². The van der Waals surface area contributed by atoms with Gasteiger partial charge in [0, 0.05) is 35.1 Å². The summed E-state index contributed by atoms with van der Waals surface area (Å²) in [6.45, 7) is 0.328. The summed E-state index contributed by atoms with van der Waals surface area (Å²) in [5.74, 6) is 1.16. The molecule has 0 amide bonds. The SMILES string of the molecule is COC(=O)CCc1ccc(COc2cc(OC)c(C(=O)I)cc2OC)cc1. The number of aryl methyl sites for hydroxylation is 1. The Balaban J connectivity index is 2.07. The molecule has 0 fully saturated rings. The summed E-state index contributed by atoms with van der Waals surface area (Å²) in [6.07, 6.45) is 0.982. The molecule has 0 heterocycles. The predicted molar refractivity (Wildman–Crippen MR) is 109 cm³/mol. The summed E-state index contributed by atoms with van der Waals surface area (Å²) in [4.78, 5) is 22.9. The third kappa shape index (κ3) is 5.85. The molecule has 0 spiro atoms. The van der Waals surface area contributed by atoms with Crippen LogP contribution in [0.3, 0.4) is 0 Å². The van der Waals surface area contributed by atoms with E-state index in [2.05, 4.69) is 4.74 Å². The van der Waals surface area contributed by atoms with E-state index in [0.29, 0.717) is 42.3 Å². The number of halogens is 1. The normalized spacial score (nSPS) is 10.2.